The molecule has 0 aliphatic carbocycles. The van der Waals surface area contributed by atoms with E-state index < -0.39 is 0 Å². The Bertz CT molecular complexity index is 3.90. The van der Waals surface area contributed by atoms with Crippen molar-refractivity contribution in [1.29, 1.82) is 0 Å². The SMILES string of the molecule is O.O.O.O.O.[Ni]. The molecule has 0 amide bonds. The number of rotatable bonds is 0. The summed E-state index contributed by atoms with van der Waals surface area (Å²) < 4.78 is 0. The number of hydrogen-bond donors (Lipinski definition) is 0. The summed E-state index contributed by atoms with van der Waals surface area (Å²) in [6.45, 7) is 0. The first-order valence-corrected chi connectivity index (χ1v) is 0. The first-order valence-electron chi connectivity index (χ1n) is 0. The molecule has 0 radical (unpaired) electrons. The van der Waals surface area contributed by atoms with E-state index in [-0.39, 0.29) is 43.9 Å². The third kappa shape index (κ3) is 541. The first kappa shape index (κ1) is 2050. The summed E-state index contributed by atoms with van der Waals surface area (Å²) in [5, 5.41) is 0. The first-order chi connectivity index (χ1) is 0. The van der Waals surface area contributed by atoms with Crippen molar-refractivity contribution in [3.05, 3.63) is 0 Å². The molecule has 10 N–H and O–H groups in total. The van der Waals surface area contributed by atoms with Gasteiger partial charge in [-0.25, -0.2) is 0 Å². The number of hydrogen-bond acceptors (Lipinski definition) is 0. The molecule has 6 heavy (non-hydrogen) atoms. The normalized spacial score (nSPS) is 0. The van der Waals surface area contributed by atoms with Crippen molar-refractivity contribution < 1.29 is 43.9 Å². The molecule has 0 saturated heterocycles. The van der Waals surface area contributed by atoms with Crippen molar-refractivity contribution in [2.75, 3.05) is 0 Å². The molecule has 0 heterocycles. The Morgan fingerprint density at radius 2 is 0.333 bits per heavy atom. The van der Waals surface area contributed by atoms with E-state index in [9.17, 15) is 0 Å². The standard InChI is InChI=1S/Ni.5H2O/h;5*1H2. The van der Waals surface area contributed by atoms with Crippen LogP contribution in [0.15, 0.2) is 0 Å². The van der Waals surface area contributed by atoms with Crippen molar-refractivity contribution in [2.24, 2.45) is 0 Å². The second-order valence-corrected chi connectivity index (χ2v) is 0. The molecule has 0 unspecified atom stereocenters. The fraction of sp³-hybridized carbons (Fsp3) is 0. The van der Waals surface area contributed by atoms with Gasteiger partial charge in [0.2, 0.25) is 0 Å². The van der Waals surface area contributed by atoms with E-state index in [0.717, 1.165) is 0 Å². The fourth-order valence-corrected chi connectivity index (χ4v) is 0. The molecule has 0 aromatic carbocycles. The van der Waals surface area contributed by atoms with Crippen molar-refractivity contribution >= 4 is 0 Å². The van der Waals surface area contributed by atoms with E-state index in [1.54, 1.807) is 0 Å². The van der Waals surface area contributed by atoms with E-state index >= 15 is 0 Å². The third-order valence-corrected chi connectivity index (χ3v) is 0. The van der Waals surface area contributed by atoms with Crippen LogP contribution in [0.5, 0.6) is 0 Å². The van der Waals surface area contributed by atoms with Gasteiger partial charge in [-0.2, -0.15) is 0 Å². The van der Waals surface area contributed by atoms with Crippen LogP contribution in [-0.2, 0) is 16.5 Å². The molecule has 0 aromatic heterocycles. The van der Waals surface area contributed by atoms with Crippen molar-refractivity contribution in [1.82, 2.24) is 0 Å². The monoisotopic (exact) mass is 148 g/mol. The van der Waals surface area contributed by atoms with Gasteiger partial charge in [-0.3, -0.25) is 0 Å². The Morgan fingerprint density at radius 1 is 0.333 bits per heavy atom. The van der Waals surface area contributed by atoms with Crippen LogP contribution in [-0.4, -0.2) is 27.4 Å². The summed E-state index contributed by atoms with van der Waals surface area (Å²) in [6, 6.07) is 0. The van der Waals surface area contributed by atoms with Crippen molar-refractivity contribution in [3.63, 3.8) is 0 Å². The maximum atomic E-state index is 0. The molecule has 0 aliphatic heterocycles. The molecule has 0 atom stereocenters. The van der Waals surface area contributed by atoms with Gasteiger partial charge in [0.25, 0.3) is 0 Å². The van der Waals surface area contributed by atoms with Gasteiger partial charge < -0.3 is 27.4 Å². The Hall–Kier alpha value is 0.294. The average Bonchev–Trinajstić information content (AvgIpc) is 0. The van der Waals surface area contributed by atoms with E-state index in [1.165, 1.54) is 0 Å². The molecular weight excluding hydrogens is 139 g/mol. The molecule has 0 fully saturated rings. The Kier molecular flexibility index (Phi) is 386000. The average molecular weight is 149 g/mol. The van der Waals surface area contributed by atoms with Gasteiger partial charge in [-0.05, 0) is 0 Å². The summed E-state index contributed by atoms with van der Waals surface area (Å²) >= 11 is 0. The van der Waals surface area contributed by atoms with Gasteiger partial charge in [-0.15, -0.1) is 0 Å². The van der Waals surface area contributed by atoms with Crippen LogP contribution in [0.25, 0.3) is 0 Å². The zero-order chi connectivity index (χ0) is 0. The topological polar surface area (TPSA) is 158 Å². The Morgan fingerprint density at radius 3 is 0.333 bits per heavy atom. The molecule has 0 rings (SSSR count). The molecule has 0 aliphatic rings. The van der Waals surface area contributed by atoms with Gasteiger partial charge in [0, 0.05) is 16.5 Å². The molecular formula is H10NiO5. The van der Waals surface area contributed by atoms with E-state index in [2.05, 4.69) is 0 Å². The summed E-state index contributed by atoms with van der Waals surface area (Å²) in [5.41, 5.74) is 0. The molecule has 6 heteroatoms. The predicted molar refractivity (Wildman–Crippen MR) is 18.1 cm³/mol. The Labute approximate surface area is 44.8 Å². The smallest absolute Gasteiger partial charge is 0 e. The molecule has 0 aromatic rings. The summed E-state index contributed by atoms with van der Waals surface area (Å²) in [5.74, 6) is 0. The molecule has 0 spiro atoms. The minimum atomic E-state index is 0. The molecule has 0 bridgehead atoms. The van der Waals surface area contributed by atoms with Gasteiger partial charge in [0.05, 0.1) is 0 Å². The van der Waals surface area contributed by atoms with Crippen LogP contribution in [0.1, 0.15) is 0 Å². The summed E-state index contributed by atoms with van der Waals surface area (Å²) in [7, 11) is 0. The van der Waals surface area contributed by atoms with Crippen molar-refractivity contribution in [3.8, 4) is 0 Å². The van der Waals surface area contributed by atoms with Crippen LogP contribution in [0.2, 0.25) is 0 Å². The van der Waals surface area contributed by atoms with E-state index in [1.807, 2.05) is 0 Å². The zero-order valence-corrected chi connectivity index (χ0v) is 3.80. The molecule has 50 valence electrons. The van der Waals surface area contributed by atoms with Crippen LogP contribution < -0.4 is 0 Å². The quantitative estimate of drug-likeness (QED) is 0.306. The van der Waals surface area contributed by atoms with E-state index in [4.69, 9.17) is 0 Å². The van der Waals surface area contributed by atoms with Gasteiger partial charge >= 0.3 is 0 Å². The van der Waals surface area contributed by atoms with Crippen LogP contribution in [0.3, 0.4) is 0 Å². The van der Waals surface area contributed by atoms with E-state index in [0.29, 0.717) is 0 Å². The minimum absolute atomic E-state index is 0. The maximum absolute atomic E-state index is 0. The third-order valence-electron chi connectivity index (χ3n) is 0. The predicted octanol–water partition coefficient (Wildman–Crippen LogP) is -4.13. The summed E-state index contributed by atoms with van der Waals surface area (Å²) in [4.78, 5) is 0. The maximum Gasteiger partial charge on any atom is 0 e. The van der Waals surface area contributed by atoms with Crippen LogP contribution in [0, 0.1) is 0 Å². The molecule has 0 saturated carbocycles. The summed E-state index contributed by atoms with van der Waals surface area (Å²) in [6.07, 6.45) is 0. The van der Waals surface area contributed by atoms with Crippen LogP contribution in [0.4, 0.5) is 0 Å². The zero-order valence-electron chi connectivity index (χ0n) is 2.82. The Balaban J connectivity index is 0. The van der Waals surface area contributed by atoms with Gasteiger partial charge in [0.15, 0.2) is 0 Å². The van der Waals surface area contributed by atoms with Gasteiger partial charge in [-0.1, -0.05) is 0 Å². The fourth-order valence-electron chi connectivity index (χ4n) is 0. The minimum Gasteiger partial charge on any atom is -0.412 e. The molecule has 5 nitrogen and oxygen atoms in total. The second kappa shape index (κ2) is 1130. The van der Waals surface area contributed by atoms with Crippen LogP contribution >= 0.6 is 0 Å². The van der Waals surface area contributed by atoms with Gasteiger partial charge in [0.1, 0.15) is 0 Å². The van der Waals surface area contributed by atoms with Crippen molar-refractivity contribution in [2.45, 2.75) is 0 Å². The second-order valence-electron chi connectivity index (χ2n) is 0. The largest absolute Gasteiger partial charge is 0.412 e.